The van der Waals surface area contributed by atoms with Gasteiger partial charge in [-0.1, -0.05) is 0 Å². The maximum Gasteiger partial charge on any atom is 0.311 e. The number of sulfone groups is 1. The molecule has 0 aromatic carbocycles. The van der Waals surface area contributed by atoms with Crippen molar-refractivity contribution in [1.29, 1.82) is 0 Å². The molecule has 2 rings (SSSR count). The highest BCUT2D eigenvalue weighted by molar-refractivity contribution is 7.90. The van der Waals surface area contributed by atoms with E-state index in [1.165, 1.54) is 0 Å². The molecule has 0 saturated carbocycles. The minimum absolute atomic E-state index is 0.0294. The van der Waals surface area contributed by atoms with Gasteiger partial charge in [-0.15, -0.1) is 0 Å². The van der Waals surface area contributed by atoms with E-state index in [1.807, 2.05) is 0 Å². The summed E-state index contributed by atoms with van der Waals surface area (Å²) in [6.45, 7) is 1.03. The smallest absolute Gasteiger partial charge is 0.311 e. The highest BCUT2D eigenvalue weighted by atomic mass is 32.2. The van der Waals surface area contributed by atoms with Gasteiger partial charge in [0.05, 0.1) is 11.0 Å². The lowest BCUT2D eigenvalue weighted by Gasteiger charge is -2.11. The predicted octanol–water partition coefficient (Wildman–Crippen LogP) is 0.984. The fourth-order valence-electron chi connectivity index (χ4n) is 1.93. The molecule has 1 saturated heterocycles. The van der Waals surface area contributed by atoms with E-state index < -0.39 is 14.8 Å². The van der Waals surface area contributed by atoms with Gasteiger partial charge >= 0.3 is 5.69 Å². The van der Waals surface area contributed by atoms with Crippen molar-refractivity contribution in [2.75, 3.05) is 24.7 Å². The molecule has 1 N–H and O–H groups in total. The first-order chi connectivity index (χ1) is 9.38. The monoisotopic (exact) mass is 301 g/mol. The van der Waals surface area contributed by atoms with E-state index in [2.05, 4.69) is 10.3 Å². The molecule has 1 aliphatic rings. The van der Waals surface area contributed by atoms with Gasteiger partial charge in [0.1, 0.15) is 0 Å². The van der Waals surface area contributed by atoms with Gasteiger partial charge in [0.15, 0.2) is 14.9 Å². The van der Waals surface area contributed by atoms with Crippen LogP contribution in [-0.2, 0) is 14.6 Å². The molecule has 9 heteroatoms. The number of hydrogen-bond acceptors (Lipinski definition) is 7. The van der Waals surface area contributed by atoms with Crippen molar-refractivity contribution in [3.05, 3.63) is 22.2 Å². The molecule has 20 heavy (non-hydrogen) atoms. The number of hydrogen-bond donors (Lipinski definition) is 1. The van der Waals surface area contributed by atoms with Crippen LogP contribution in [0.4, 0.5) is 11.5 Å². The Balaban J connectivity index is 2.24. The molecule has 1 aromatic heterocycles. The van der Waals surface area contributed by atoms with E-state index in [-0.39, 0.29) is 22.6 Å². The average Bonchev–Trinajstić information content (AvgIpc) is 2.87. The molecule has 0 bridgehead atoms. The lowest BCUT2D eigenvalue weighted by Crippen LogP contribution is -2.20. The van der Waals surface area contributed by atoms with Crippen LogP contribution in [0.1, 0.15) is 12.8 Å². The molecule has 1 atom stereocenters. The summed E-state index contributed by atoms with van der Waals surface area (Å²) in [7, 11) is -3.51. The van der Waals surface area contributed by atoms with Gasteiger partial charge < -0.3 is 10.1 Å². The standard InChI is InChI=1S/C11H15N3O5S/c1-20(17,18)10-5-4-9(14(15)16)11(13-10)12-7-8-3-2-6-19-8/h4-5,8H,2-3,6-7H2,1H3,(H,12,13). The first-order valence-electron chi connectivity index (χ1n) is 6.09. The molecule has 0 amide bonds. The van der Waals surface area contributed by atoms with Crippen LogP contribution in [-0.4, -0.2) is 43.8 Å². The van der Waals surface area contributed by atoms with Crippen LogP contribution in [0.2, 0.25) is 0 Å². The van der Waals surface area contributed by atoms with Crippen molar-refractivity contribution in [3.8, 4) is 0 Å². The number of nitro groups is 1. The summed E-state index contributed by atoms with van der Waals surface area (Å²) >= 11 is 0. The molecule has 1 unspecified atom stereocenters. The molecular formula is C11H15N3O5S. The number of pyridine rings is 1. The molecule has 8 nitrogen and oxygen atoms in total. The predicted molar refractivity (Wildman–Crippen MR) is 71.5 cm³/mol. The van der Waals surface area contributed by atoms with Crippen LogP contribution in [0, 0.1) is 10.1 Å². The molecule has 110 valence electrons. The summed E-state index contributed by atoms with van der Waals surface area (Å²) in [6, 6.07) is 2.27. The number of ether oxygens (including phenoxy) is 1. The Hall–Kier alpha value is -1.74. The average molecular weight is 301 g/mol. The van der Waals surface area contributed by atoms with Gasteiger partial charge in [-0.2, -0.15) is 0 Å². The zero-order valence-corrected chi connectivity index (χ0v) is 11.7. The second kappa shape index (κ2) is 5.71. The Morgan fingerprint density at radius 3 is 2.85 bits per heavy atom. The van der Waals surface area contributed by atoms with E-state index in [0.29, 0.717) is 13.2 Å². The molecule has 0 aliphatic carbocycles. The zero-order chi connectivity index (χ0) is 14.8. The third kappa shape index (κ3) is 3.42. The summed E-state index contributed by atoms with van der Waals surface area (Å²) in [6.07, 6.45) is 2.79. The van der Waals surface area contributed by atoms with E-state index in [1.54, 1.807) is 0 Å². The Morgan fingerprint density at radius 2 is 2.30 bits per heavy atom. The van der Waals surface area contributed by atoms with Gasteiger partial charge in [-0.25, -0.2) is 13.4 Å². The summed E-state index contributed by atoms with van der Waals surface area (Å²) in [4.78, 5) is 14.2. The molecule has 0 spiro atoms. The summed E-state index contributed by atoms with van der Waals surface area (Å²) in [5, 5.41) is 13.5. The van der Waals surface area contributed by atoms with Gasteiger partial charge in [0.2, 0.25) is 5.82 Å². The Kier molecular flexibility index (Phi) is 4.19. The maximum absolute atomic E-state index is 11.4. The summed E-state index contributed by atoms with van der Waals surface area (Å²) < 4.78 is 28.3. The first-order valence-corrected chi connectivity index (χ1v) is 7.98. The van der Waals surface area contributed by atoms with E-state index in [4.69, 9.17) is 4.74 Å². The highest BCUT2D eigenvalue weighted by Crippen LogP contribution is 2.24. The van der Waals surface area contributed by atoms with Crippen molar-refractivity contribution in [2.45, 2.75) is 24.0 Å². The third-order valence-corrected chi connectivity index (χ3v) is 3.93. The van der Waals surface area contributed by atoms with E-state index in [0.717, 1.165) is 31.2 Å². The van der Waals surface area contributed by atoms with E-state index >= 15 is 0 Å². The molecule has 1 aliphatic heterocycles. The van der Waals surface area contributed by atoms with Crippen LogP contribution in [0.25, 0.3) is 0 Å². The van der Waals surface area contributed by atoms with Gasteiger partial charge in [0, 0.05) is 25.5 Å². The Morgan fingerprint density at radius 1 is 1.55 bits per heavy atom. The SMILES string of the molecule is CS(=O)(=O)c1ccc([N+](=O)[O-])c(NCC2CCCO2)n1. The van der Waals surface area contributed by atoms with Crippen LogP contribution >= 0.6 is 0 Å². The van der Waals surface area contributed by atoms with Crippen LogP contribution in [0.5, 0.6) is 0 Å². The number of aromatic nitrogens is 1. The topological polar surface area (TPSA) is 111 Å². The number of rotatable bonds is 5. The lowest BCUT2D eigenvalue weighted by atomic mass is 10.2. The van der Waals surface area contributed by atoms with Crippen molar-refractivity contribution in [3.63, 3.8) is 0 Å². The normalized spacial score (nSPS) is 18.9. The Bertz CT molecular complexity index is 610. The second-order valence-electron chi connectivity index (χ2n) is 4.56. The van der Waals surface area contributed by atoms with Gasteiger partial charge in [-0.3, -0.25) is 10.1 Å². The third-order valence-electron chi connectivity index (χ3n) is 2.95. The lowest BCUT2D eigenvalue weighted by molar-refractivity contribution is -0.384. The fraction of sp³-hybridized carbons (Fsp3) is 0.545. The van der Waals surface area contributed by atoms with Crippen molar-refractivity contribution < 1.29 is 18.1 Å². The van der Waals surface area contributed by atoms with Gasteiger partial charge in [-0.05, 0) is 18.9 Å². The quantitative estimate of drug-likeness (QED) is 0.637. The fourth-order valence-corrected chi connectivity index (χ4v) is 2.51. The minimum Gasteiger partial charge on any atom is -0.376 e. The van der Waals surface area contributed by atoms with Crippen LogP contribution in [0.3, 0.4) is 0 Å². The highest BCUT2D eigenvalue weighted by Gasteiger charge is 2.22. The first kappa shape index (κ1) is 14.7. The Labute approximate surface area is 116 Å². The minimum atomic E-state index is -3.51. The molecule has 1 fully saturated rings. The van der Waals surface area contributed by atoms with Crippen molar-refractivity contribution in [2.24, 2.45) is 0 Å². The largest absolute Gasteiger partial charge is 0.376 e. The molecular weight excluding hydrogens is 286 g/mol. The van der Waals surface area contributed by atoms with Crippen LogP contribution in [0.15, 0.2) is 17.2 Å². The number of nitrogens with one attached hydrogen (secondary N) is 1. The molecule has 2 heterocycles. The van der Waals surface area contributed by atoms with Crippen molar-refractivity contribution >= 4 is 21.3 Å². The number of anilines is 1. The van der Waals surface area contributed by atoms with E-state index in [9.17, 15) is 18.5 Å². The molecule has 1 aromatic rings. The zero-order valence-electron chi connectivity index (χ0n) is 10.9. The van der Waals surface area contributed by atoms with Crippen LogP contribution < -0.4 is 5.32 Å². The second-order valence-corrected chi connectivity index (χ2v) is 6.53. The summed E-state index contributed by atoms with van der Waals surface area (Å²) in [5.74, 6) is -0.0478. The number of nitrogens with zero attached hydrogens (tertiary/aromatic N) is 2. The van der Waals surface area contributed by atoms with Gasteiger partial charge in [0.25, 0.3) is 0 Å². The summed E-state index contributed by atoms with van der Waals surface area (Å²) in [5.41, 5.74) is -0.254. The van der Waals surface area contributed by atoms with Crippen molar-refractivity contribution in [1.82, 2.24) is 4.98 Å². The maximum atomic E-state index is 11.4. The molecule has 0 radical (unpaired) electrons.